The van der Waals surface area contributed by atoms with Crippen LogP contribution in [-0.2, 0) is 0 Å². The molecular weight excluding hydrogens is 172 g/mol. The maximum atomic E-state index is 9.76. The maximum Gasteiger partial charge on any atom is 0.119 e. The summed E-state index contributed by atoms with van der Waals surface area (Å²) >= 11 is 0. The molecule has 14 heavy (non-hydrogen) atoms. The Morgan fingerprint density at radius 3 is 2.36 bits per heavy atom. The predicted octanol–water partition coefficient (Wildman–Crippen LogP) is 3.93. The minimum atomic E-state index is 0.444. The monoisotopic (exact) mass is 192 g/mol. The van der Waals surface area contributed by atoms with Crippen molar-refractivity contribution in [2.24, 2.45) is 5.92 Å². The van der Waals surface area contributed by atoms with Crippen LogP contribution in [0.2, 0.25) is 0 Å². The van der Waals surface area contributed by atoms with Crippen LogP contribution < -0.4 is 0 Å². The Bertz CT molecular complexity index is 278. The van der Waals surface area contributed by atoms with Crippen molar-refractivity contribution < 1.29 is 5.11 Å². The Morgan fingerprint density at radius 1 is 1.21 bits per heavy atom. The normalized spacial score (nSPS) is 13.1. The number of hydrogen-bond acceptors (Lipinski definition) is 1. The van der Waals surface area contributed by atoms with Gasteiger partial charge in [-0.25, -0.2) is 0 Å². The minimum Gasteiger partial charge on any atom is -0.508 e. The first-order chi connectivity index (χ1) is 6.66. The summed E-state index contributed by atoms with van der Waals surface area (Å²) in [6.45, 7) is 6.62. The third kappa shape index (κ3) is 2.50. The summed E-state index contributed by atoms with van der Waals surface area (Å²) < 4.78 is 0. The van der Waals surface area contributed by atoms with Gasteiger partial charge in [0.05, 0.1) is 0 Å². The second-order valence-electron chi connectivity index (χ2n) is 4.20. The van der Waals surface area contributed by atoms with Gasteiger partial charge in [0.15, 0.2) is 0 Å². The van der Waals surface area contributed by atoms with Gasteiger partial charge in [-0.05, 0) is 29.9 Å². The van der Waals surface area contributed by atoms with E-state index in [2.05, 4.69) is 20.8 Å². The molecule has 1 heteroatoms. The lowest BCUT2D eigenvalue weighted by molar-refractivity contribution is 0.420. The fourth-order valence-electron chi connectivity index (χ4n) is 1.96. The molecule has 0 heterocycles. The second-order valence-corrected chi connectivity index (χ2v) is 4.20. The van der Waals surface area contributed by atoms with E-state index in [-0.39, 0.29) is 0 Å². The van der Waals surface area contributed by atoms with Crippen LogP contribution >= 0.6 is 0 Å². The first kappa shape index (κ1) is 11.1. The molecule has 0 aliphatic carbocycles. The van der Waals surface area contributed by atoms with Gasteiger partial charge in [-0.2, -0.15) is 0 Å². The van der Waals surface area contributed by atoms with Crippen LogP contribution in [0.25, 0.3) is 0 Å². The lowest BCUT2D eigenvalue weighted by atomic mass is 9.84. The predicted molar refractivity (Wildman–Crippen MR) is 60.6 cm³/mol. The second kappa shape index (κ2) is 5.04. The number of hydrogen-bond donors (Lipinski definition) is 1. The molecule has 0 spiro atoms. The smallest absolute Gasteiger partial charge is 0.119 e. The van der Waals surface area contributed by atoms with Crippen molar-refractivity contribution in [2.45, 2.75) is 39.5 Å². The molecule has 0 radical (unpaired) electrons. The van der Waals surface area contributed by atoms with Crippen molar-refractivity contribution in [3.8, 4) is 5.75 Å². The molecule has 0 bridgehead atoms. The maximum absolute atomic E-state index is 9.76. The average Bonchev–Trinajstić information content (AvgIpc) is 2.15. The number of aromatic hydroxyl groups is 1. The average molecular weight is 192 g/mol. The number of rotatable bonds is 4. The van der Waals surface area contributed by atoms with Gasteiger partial charge in [0.25, 0.3) is 0 Å². The Balaban J connectivity index is 2.93. The molecule has 0 aliphatic rings. The number of para-hydroxylation sites is 1. The molecule has 0 saturated carbocycles. The Morgan fingerprint density at radius 2 is 1.86 bits per heavy atom. The molecule has 0 aliphatic heterocycles. The van der Waals surface area contributed by atoms with Gasteiger partial charge < -0.3 is 5.11 Å². The van der Waals surface area contributed by atoms with Gasteiger partial charge in [-0.3, -0.25) is 0 Å². The van der Waals surface area contributed by atoms with Crippen LogP contribution in [0, 0.1) is 5.92 Å². The van der Waals surface area contributed by atoms with Crippen molar-refractivity contribution in [1.29, 1.82) is 0 Å². The fourth-order valence-corrected chi connectivity index (χ4v) is 1.96. The van der Waals surface area contributed by atoms with Gasteiger partial charge >= 0.3 is 0 Å². The molecule has 1 aromatic rings. The molecule has 78 valence electrons. The molecule has 0 fully saturated rings. The lowest BCUT2D eigenvalue weighted by Crippen LogP contribution is -2.06. The van der Waals surface area contributed by atoms with Crippen LogP contribution in [0.5, 0.6) is 5.75 Å². The van der Waals surface area contributed by atoms with Gasteiger partial charge in [0, 0.05) is 0 Å². The third-order valence-corrected chi connectivity index (χ3v) is 2.74. The van der Waals surface area contributed by atoms with E-state index < -0.39 is 0 Å². The molecule has 1 aromatic carbocycles. The first-order valence-electron chi connectivity index (χ1n) is 5.44. The molecule has 1 unspecified atom stereocenters. The molecule has 1 nitrogen and oxygen atoms in total. The van der Waals surface area contributed by atoms with Gasteiger partial charge in [-0.1, -0.05) is 45.4 Å². The van der Waals surface area contributed by atoms with E-state index in [1.54, 1.807) is 6.07 Å². The molecule has 0 saturated heterocycles. The number of phenolic OH excluding ortho intramolecular Hbond substituents is 1. The summed E-state index contributed by atoms with van der Waals surface area (Å²) in [7, 11) is 0. The van der Waals surface area contributed by atoms with E-state index in [1.165, 1.54) is 0 Å². The molecule has 1 atom stereocenters. The summed E-state index contributed by atoms with van der Waals surface area (Å²) in [6.07, 6.45) is 2.31. The molecule has 1 rings (SSSR count). The minimum absolute atomic E-state index is 0.444. The van der Waals surface area contributed by atoms with E-state index in [9.17, 15) is 5.11 Å². The van der Waals surface area contributed by atoms with Crippen LogP contribution in [0.15, 0.2) is 24.3 Å². The summed E-state index contributed by atoms with van der Waals surface area (Å²) in [6, 6.07) is 7.69. The summed E-state index contributed by atoms with van der Waals surface area (Å²) in [4.78, 5) is 0. The zero-order chi connectivity index (χ0) is 10.6. The third-order valence-electron chi connectivity index (χ3n) is 2.74. The van der Waals surface area contributed by atoms with Gasteiger partial charge in [-0.15, -0.1) is 0 Å². The summed E-state index contributed by atoms with van der Waals surface area (Å²) in [5.41, 5.74) is 1.10. The highest BCUT2D eigenvalue weighted by atomic mass is 16.3. The van der Waals surface area contributed by atoms with Crippen LogP contribution in [0.3, 0.4) is 0 Å². The highest BCUT2D eigenvalue weighted by Crippen LogP contribution is 2.34. The largest absolute Gasteiger partial charge is 0.508 e. The van der Waals surface area contributed by atoms with E-state index >= 15 is 0 Å². The Kier molecular flexibility index (Phi) is 3.99. The molecule has 1 N–H and O–H groups in total. The van der Waals surface area contributed by atoms with Crippen molar-refractivity contribution >= 4 is 0 Å². The zero-order valence-corrected chi connectivity index (χ0v) is 9.33. The fraction of sp³-hybridized carbons (Fsp3) is 0.538. The zero-order valence-electron chi connectivity index (χ0n) is 9.33. The SMILES string of the molecule is CCCC(c1ccccc1O)C(C)C. The van der Waals surface area contributed by atoms with Gasteiger partial charge in [0.2, 0.25) is 0 Å². The van der Waals surface area contributed by atoms with Crippen molar-refractivity contribution in [3.63, 3.8) is 0 Å². The molecule has 0 aromatic heterocycles. The first-order valence-corrected chi connectivity index (χ1v) is 5.44. The molecular formula is C13H20O. The quantitative estimate of drug-likeness (QED) is 0.766. The van der Waals surface area contributed by atoms with E-state index in [4.69, 9.17) is 0 Å². The van der Waals surface area contributed by atoms with Crippen molar-refractivity contribution in [2.75, 3.05) is 0 Å². The standard InChI is InChI=1S/C13H20O/c1-4-7-11(10(2)3)12-8-5-6-9-13(12)14/h5-6,8-11,14H,4,7H2,1-3H3. The Labute approximate surface area is 86.8 Å². The highest BCUT2D eigenvalue weighted by molar-refractivity contribution is 5.35. The lowest BCUT2D eigenvalue weighted by Gasteiger charge is -2.21. The highest BCUT2D eigenvalue weighted by Gasteiger charge is 2.17. The van der Waals surface area contributed by atoms with Crippen LogP contribution in [-0.4, -0.2) is 5.11 Å². The van der Waals surface area contributed by atoms with Crippen molar-refractivity contribution in [3.05, 3.63) is 29.8 Å². The van der Waals surface area contributed by atoms with Crippen LogP contribution in [0.1, 0.15) is 45.1 Å². The van der Waals surface area contributed by atoms with Crippen LogP contribution in [0.4, 0.5) is 0 Å². The molecule has 0 amide bonds. The van der Waals surface area contributed by atoms with E-state index in [1.807, 2.05) is 18.2 Å². The summed E-state index contributed by atoms with van der Waals surface area (Å²) in [5, 5.41) is 9.76. The van der Waals surface area contributed by atoms with Crippen molar-refractivity contribution in [1.82, 2.24) is 0 Å². The van der Waals surface area contributed by atoms with E-state index in [0.29, 0.717) is 17.6 Å². The summed E-state index contributed by atoms with van der Waals surface area (Å²) in [5.74, 6) is 1.52. The van der Waals surface area contributed by atoms with Gasteiger partial charge in [0.1, 0.15) is 5.75 Å². The topological polar surface area (TPSA) is 20.2 Å². The Hall–Kier alpha value is -0.980. The number of phenols is 1. The number of benzene rings is 1. The van der Waals surface area contributed by atoms with E-state index in [0.717, 1.165) is 18.4 Å².